The van der Waals surface area contributed by atoms with Crippen LogP contribution >= 0.6 is 15.9 Å². The van der Waals surface area contributed by atoms with Gasteiger partial charge in [0.1, 0.15) is 0 Å². The van der Waals surface area contributed by atoms with E-state index >= 15 is 0 Å². The average Bonchev–Trinajstić information content (AvgIpc) is 2.61. The minimum atomic E-state index is 0.286. The molecule has 2 aliphatic rings. The SMILES string of the molecule is O=C(CC1CCCCCC1)NCC1CCCC1Br. The maximum Gasteiger partial charge on any atom is 0.220 e. The van der Waals surface area contributed by atoms with Gasteiger partial charge in [0.05, 0.1) is 0 Å². The van der Waals surface area contributed by atoms with Crippen LogP contribution < -0.4 is 5.32 Å². The zero-order valence-electron chi connectivity index (χ0n) is 11.3. The zero-order valence-corrected chi connectivity index (χ0v) is 12.9. The lowest BCUT2D eigenvalue weighted by Crippen LogP contribution is -2.32. The molecule has 0 bridgehead atoms. The van der Waals surface area contributed by atoms with Crippen molar-refractivity contribution in [3.05, 3.63) is 0 Å². The molecule has 18 heavy (non-hydrogen) atoms. The molecule has 0 saturated heterocycles. The fourth-order valence-corrected chi connectivity index (χ4v) is 4.14. The molecule has 0 aromatic heterocycles. The normalized spacial score (nSPS) is 30.1. The van der Waals surface area contributed by atoms with Gasteiger partial charge in [-0.2, -0.15) is 0 Å². The minimum Gasteiger partial charge on any atom is -0.356 e. The van der Waals surface area contributed by atoms with E-state index in [-0.39, 0.29) is 5.91 Å². The molecular weight excluding hydrogens is 290 g/mol. The fourth-order valence-electron chi connectivity index (χ4n) is 3.37. The quantitative estimate of drug-likeness (QED) is 0.616. The Morgan fingerprint density at radius 1 is 1.00 bits per heavy atom. The van der Waals surface area contributed by atoms with Crippen molar-refractivity contribution in [3.8, 4) is 0 Å². The molecule has 0 heterocycles. The third-order valence-corrected chi connectivity index (χ3v) is 5.78. The second-order valence-electron chi connectivity index (χ2n) is 6.07. The Morgan fingerprint density at radius 2 is 1.72 bits per heavy atom. The van der Waals surface area contributed by atoms with Gasteiger partial charge in [-0.25, -0.2) is 0 Å². The van der Waals surface area contributed by atoms with E-state index in [0.717, 1.165) is 13.0 Å². The standard InChI is InChI=1S/C15H26BrNO/c16-14-9-5-8-13(14)11-17-15(18)10-12-6-3-1-2-4-7-12/h12-14H,1-11H2,(H,17,18). The van der Waals surface area contributed by atoms with Crippen LogP contribution in [-0.2, 0) is 4.79 Å². The van der Waals surface area contributed by atoms with Crippen molar-refractivity contribution in [3.63, 3.8) is 0 Å². The molecule has 2 fully saturated rings. The van der Waals surface area contributed by atoms with Crippen molar-refractivity contribution in [1.82, 2.24) is 5.32 Å². The summed E-state index contributed by atoms with van der Waals surface area (Å²) in [5.41, 5.74) is 0. The number of hydrogen-bond donors (Lipinski definition) is 1. The van der Waals surface area contributed by atoms with Crippen LogP contribution in [0, 0.1) is 11.8 Å². The van der Waals surface area contributed by atoms with Gasteiger partial charge in [-0.05, 0) is 37.5 Å². The summed E-state index contributed by atoms with van der Waals surface area (Å²) < 4.78 is 0. The van der Waals surface area contributed by atoms with E-state index in [4.69, 9.17) is 0 Å². The van der Waals surface area contributed by atoms with Gasteiger partial charge >= 0.3 is 0 Å². The van der Waals surface area contributed by atoms with Crippen LogP contribution in [0.4, 0.5) is 0 Å². The van der Waals surface area contributed by atoms with Crippen molar-refractivity contribution in [2.24, 2.45) is 11.8 Å². The lowest BCUT2D eigenvalue weighted by Gasteiger charge is -2.17. The molecule has 2 nitrogen and oxygen atoms in total. The number of carbonyl (C=O) groups is 1. The molecule has 2 rings (SSSR count). The smallest absolute Gasteiger partial charge is 0.220 e. The van der Waals surface area contributed by atoms with Crippen LogP contribution in [-0.4, -0.2) is 17.3 Å². The Bertz CT molecular complexity index is 261. The van der Waals surface area contributed by atoms with Crippen molar-refractivity contribution in [2.45, 2.75) is 69.0 Å². The second-order valence-corrected chi connectivity index (χ2v) is 7.25. The van der Waals surface area contributed by atoms with Crippen molar-refractivity contribution in [1.29, 1.82) is 0 Å². The third kappa shape index (κ3) is 4.56. The number of nitrogens with one attached hydrogen (secondary N) is 1. The molecule has 2 atom stereocenters. The molecule has 2 unspecified atom stereocenters. The van der Waals surface area contributed by atoms with Gasteiger partial charge in [-0.1, -0.05) is 48.0 Å². The molecule has 0 aromatic carbocycles. The Balaban J connectivity index is 1.64. The van der Waals surface area contributed by atoms with Gasteiger partial charge in [-0.3, -0.25) is 4.79 Å². The molecule has 104 valence electrons. The Hall–Kier alpha value is -0.0500. The molecule has 0 spiro atoms. The highest BCUT2D eigenvalue weighted by molar-refractivity contribution is 9.09. The minimum absolute atomic E-state index is 0.286. The summed E-state index contributed by atoms with van der Waals surface area (Å²) in [4.78, 5) is 12.6. The maximum absolute atomic E-state index is 12.0. The van der Waals surface area contributed by atoms with E-state index in [2.05, 4.69) is 21.2 Å². The van der Waals surface area contributed by atoms with E-state index in [0.29, 0.717) is 16.7 Å². The summed E-state index contributed by atoms with van der Waals surface area (Å²) in [6.07, 6.45) is 12.5. The summed E-state index contributed by atoms with van der Waals surface area (Å²) in [6.45, 7) is 0.876. The van der Waals surface area contributed by atoms with Crippen molar-refractivity contribution in [2.75, 3.05) is 6.54 Å². The van der Waals surface area contributed by atoms with Gasteiger partial charge in [0.15, 0.2) is 0 Å². The van der Waals surface area contributed by atoms with Crippen LogP contribution in [0.15, 0.2) is 0 Å². The monoisotopic (exact) mass is 315 g/mol. The first-order valence-corrected chi connectivity index (χ1v) is 8.58. The largest absolute Gasteiger partial charge is 0.356 e. The Kier molecular flexibility index (Phi) is 6.00. The lowest BCUT2D eigenvalue weighted by atomic mass is 9.96. The van der Waals surface area contributed by atoms with E-state index in [9.17, 15) is 4.79 Å². The highest BCUT2D eigenvalue weighted by Gasteiger charge is 2.25. The molecule has 0 aromatic rings. The number of alkyl halides is 1. The maximum atomic E-state index is 12.0. The summed E-state index contributed by atoms with van der Waals surface area (Å²) in [6, 6.07) is 0. The Morgan fingerprint density at radius 3 is 2.33 bits per heavy atom. The predicted octanol–water partition coefficient (Wildman–Crippen LogP) is 4.03. The van der Waals surface area contributed by atoms with Crippen LogP contribution in [0.2, 0.25) is 0 Å². The van der Waals surface area contributed by atoms with E-state index < -0.39 is 0 Å². The van der Waals surface area contributed by atoms with E-state index in [1.54, 1.807) is 0 Å². The zero-order chi connectivity index (χ0) is 12.8. The molecule has 0 aliphatic heterocycles. The van der Waals surface area contributed by atoms with Gasteiger partial charge < -0.3 is 5.32 Å². The average molecular weight is 316 g/mol. The summed E-state index contributed by atoms with van der Waals surface area (Å²) in [5, 5.41) is 3.15. The lowest BCUT2D eigenvalue weighted by molar-refractivity contribution is -0.122. The van der Waals surface area contributed by atoms with E-state index in [1.165, 1.54) is 57.8 Å². The summed E-state index contributed by atoms with van der Waals surface area (Å²) in [5.74, 6) is 1.59. The van der Waals surface area contributed by atoms with Crippen molar-refractivity contribution < 1.29 is 4.79 Å². The van der Waals surface area contributed by atoms with Gasteiger partial charge in [0.2, 0.25) is 5.91 Å². The second kappa shape index (κ2) is 7.52. The third-order valence-electron chi connectivity index (χ3n) is 4.58. The molecular formula is C15H26BrNO. The predicted molar refractivity (Wildman–Crippen MR) is 78.9 cm³/mol. The molecule has 0 radical (unpaired) electrons. The van der Waals surface area contributed by atoms with Crippen LogP contribution in [0.1, 0.15) is 64.2 Å². The van der Waals surface area contributed by atoms with Crippen LogP contribution in [0.25, 0.3) is 0 Å². The fraction of sp³-hybridized carbons (Fsp3) is 0.933. The number of carbonyl (C=O) groups excluding carboxylic acids is 1. The topological polar surface area (TPSA) is 29.1 Å². The van der Waals surface area contributed by atoms with E-state index in [1.807, 2.05) is 0 Å². The Labute approximate surface area is 119 Å². The number of rotatable bonds is 4. The number of halogens is 1. The number of amides is 1. The first-order chi connectivity index (χ1) is 8.75. The van der Waals surface area contributed by atoms with Gasteiger partial charge in [0, 0.05) is 17.8 Å². The summed E-state index contributed by atoms with van der Waals surface area (Å²) in [7, 11) is 0. The molecule has 1 N–H and O–H groups in total. The highest BCUT2D eigenvalue weighted by Crippen LogP contribution is 2.31. The first-order valence-electron chi connectivity index (χ1n) is 7.66. The van der Waals surface area contributed by atoms with Crippen molar-refractivity contribution >= 4 is 21.8 Å². The molecule has 1 amide bonds. The van der Waals surface area contributed by atoms with Crippen LogP contribution in [0.5, 0.6) is 0 Å². The highest BCUT2D eigenvalue weighted by atomic mass is 79.9. The first kappa shape index (κ1) is 14.4. The van der Waals surface area contributed by atoms with Crippen LogP contribution in [0.3, 0.4) is 0 Å². The van der Waals surface area contributed by atoms with Gasteiger partial charge in [-0.15, -0.1) is 0 Å². The molecule has 2 aliphatic carbocycles. The summed E-state index contributed by atoms with van der Waals surface area (Å²) >= 11 is 3.71. The molecule has 2 saturated carbocycles. The molecule has 3 heteroatoms. The van der Waals surface area contributed by atoms with Gasteiger partial charge in [0.25, 0.3) is 0 Å². The number of hydrogen-bond acceptors (Lipinski definition) is 1.